The van der Waals surface area contributed by atoms with E-state index in [-0.39, 0.29) is 29.7 Å². The molecule has 3 aromatic rings. The fourth-order valence-electron chi connectivity index (χ4n) is 3.23. The standard InChI is InChI=1S/C22H17F2NO5/c1-2-29-22(27)16-9-25-14(11-28-10-13-6-4-3-5-7-13)12-30-21-18(24)17(23)8-15(19(21)25)20(16)26/h3-9,12H,2,10-11H2,1H3. The monoisotopic (exact) mass is 413 g/mol. The molecular formula is C22H17F2NO5. The van der Waals surface area contributed by atoms with E-state index in [2.05, 4.69) is 0 Å². The van der Waals surface area contributed by atoms with Crippen molar-refractivity contribution in [3.8, 4) is 5.75 Å². The van der Waals surface area contributed by atoms with Gasteiger partial charge in [-0.3, -0.25) is 4.79 Å². The van der Waals surface area contributed by atoms with Crippen LogP contribution in [0.1, 0.15) is 22.8 Å². The van der Waals surface area contributed by atoms with Crippen LogP contribution in [-0.2, 0) is 16.1 Å². The first-order chi connectivity index (χ1) is 14.5. The molecule has 0 saturated heterocycles. The Morgan fingerprint density at radius 1 is 1.17 bits per heavy atom. The maximum atomic E-state index is 14.3. The van der Waals surface area contributed by atoms with Crippen molar-refractivity contribution in [2.24, 2.45) is 0 Å². The van der Waals surface area contributed by atoms with Gasteiger partial charge in [0, 0.05) is 6.20 Å². The number of ether oxygens (including phenoxy) is 3. The molecule has 0 bridgehead atoms. The van der Waals surface area contributed by atoms with E-state index in [1.54, 1.807) is 6.92 Å². The van der Waals surface area contributed by atoms with Gasteiger partial charge < -0.3 is 18.8 Å². The Balaban J connectivity index is 1.77. The van der Waals surface area contributed by atoms with Crippen LogP contribution in [0.15, 0.2) is 53.7 Å². The highest BCUT2D eigenvalue weighted by Crippen LogP contribution is 2.35. The lowest BCUT2D eigenvalue weighted by molar-refractivity contribution is 0.0524. The third-order valence-corrected chi connectivity index (χ3v) is 4.62. The Kier molecular flexibility index (Phi) is 5.33. The Morgan fingerprint density at radius 3 is 2.67 bits per heavy atom. The lowest BCUT2D eigenvalue weighted by Crippen LogP contribution is -2.24. The molecule has 0 aliphatic carbocycles. The topological polar surface area (TPSA) is 66.8 Å². The number of carbonyl (C=O) groups is 1. The third kappa shape index (κ3) is 3.46. The number of hydrogen-bond acceptors (Lipinski definition) is 5. The van der Waals surface area contributed by atoms with E-state index in [0.29, 0.717) is 12.3 Å². The van der Waals surface area contributed by atoms with Crippen LogP contribution in [0.25, 0.3) is 16.6 Å². The molecule has 0 spiro atoms. The Bertz CT molecular complexity index is 1220. The van der Waals surface area contributed by atoms with Crippen molar-refractivity contribution in [2.75, 3.05) is 13.2 Å². The zero-order valence-electron chi connectivity index (χ0n) is 16.0. The Morgan fingerprint density at radius 2 is 1.93 bits per heavy atom. The quantitative estimate of drug-likeness (QED) is 0.574. The molecule has 8 heteroatoms. The van der Waals surface area contributed by atoms with Crippen LogP contribution in [0.4, 0.5) is 8.78 Å². The highest BCUT2D eigenvalue weighted by atomic mass is 19.2. The van der Waals surface area contributed by atoms with Crippen LogP contribution in [0.5, 0.6) is 5.75 Å². The first-order valence-electron chi connectivity index (χ1n) is 9.23. The SMILES string of the molecule is CCOC(=O)c1cn2c3c(c(F)c(F)cc3c1=O)OC=C2COCc1ccccc1. The minimum atomic E-state index is -1.25. The Hall–Kier alpha value is -3.52. The number of benzene rings is 2. The molecule has 0 atom stereocenters. The van der Waals surface area contributed by atoms with E-state index in [1.807, 2.05) is 30.3 Å². The molecule has 0 unspecified atom stereocenters. The molecule has 0 amide bonds. The van der Waals surface area contributed by atoms with E-state index < -0.39 is 28.8 Å². The number of halogens is 2. The maximum Gasteiger partial charge on any atom is 0.343 e. The molecule has 1 aliphatic heterocycles. The first-order valence-corrected chi connectivity index (χ1v) is 9.23. The normalized spacial score (nSPS) is 12.4. The molecule has 6 nitrogen and oxygen atoms in total. The molecule has 1 aromatic heterocycles. The number of rotatable bonds is 6. The number of hydrogen-bond donors (Lipinski definition) is 0. The largest absolute Gasteiger partial charge is 0.462 e. The summed E-state index contributed by atoms with van der Waals surface area (Å²) in [4.78, 5) is 25.0. The average Bonchev–Trinajstić information content (AvgIpc) is 2.75. The van der Waals surface area contributed by atoms with Crippen LogP contribution in [0.3, 0.4) is 0 Å². The van der Waals surface area contributed by atoms with Gasteiger partial charge in [-0.2, -0.15) is 4.39 Å². The number of esters is 1. The summed E-state index contributed by atoms with van der Waals surface area (Å²) in [5, 5.41) is -0.192. The Labute approximate surface area is 169 Å². The molecule has 154 valence electrons. The molecule has 2 heterocycles. The first kappa shape index (κ1) is 19.8. The van der Waals surface area contributed by atoms with E-state index in [4.69, 9.17) is 14.2 Å². The number of pyridine rings is 1. The molecule has 0 fully saturated rings. The predicted octanol–water partition coefficient (Wildman–Crippen LogP) is 3.86. The summed E-state index contributed by atoms with van der Waals surface area (Å²) in [6.07, 6.45) is 2.44. The lowest BCUT2D eigenvalue weighted by atomic mass is 10.1. The fourth-order valence-corrected chi connectivity index (χ4v) is 3.23. The van der Waals surface area contributed by atoms with Gasteiger partial charge in [0.2, 0.25) is 11.2 Å². The van der Waals surface area contributed by atoms with Gasteiger partial charge in [-0.25, -0.2) is 9.18 Å². The minimum Gasteiger partial charge on any atom is -0.462 e. The molecule has 0 saturated carbocycles. The second kappa shape index (κ2) is 8.08. The van der Waals surface area contributed by atoms with E-state index >= 15 is 0 Å². The summed E-state index contributed by atoms with van der Waals surface area (Å²) in [5.74, 6) is -3.75. The molecule has 0 radical (unpaired) electrons. The summed E-state index contributed by atoms with van der Waals surface area (Å²) in [7, 11) is 0. The number of aromatic nitrogens is 1. The van der Waals surface area contributed by atoms with Gasteiger partial charge in [0.1, 0.15) is 17.3 Å². The van der Waals surface area contributed by atoms with Crippen molar-refractivity contribution in [3.05, 3.63) is 81.8 Å². The smallest absolute Gasteiger partial charge is 0.343 e. The molecule has 4 rings (SSSR count). The van der Waals surface area contributed by atoms with Crippen molar-refractivity contribution in [1.29, 1.82) is 0 Å². The van der Waals surface area contributed by atoms with Crippen LogP contribution in [0, 0.1) is 11.6 Å². The molecule has 30 heavy (non-hydrogen) atoms. The van der Waals surface area contributed by atoms with Gasteiger partial charge >= 0.3 is 5.97 Å². The van der Waals surface area contributed by atoms with E-state index in [1.165, 1.54) is 17.0 Å². The summed E-state index contributed by atoms with van der Waals surface area (Å²) in [6.45, 7) is 2.00. The number of carbonyl (C=O) groups excluding carboxylic acids is 1. The predicted molar refractivity (Wildman–Crippen MR) is 105 cm³/mol. The maximum absolute atomic E-state index is 14.3. The van der Waals surface area contributed by atoms with Gasteiger partial charge in [0.25, 0.3) is 0 Å². The zero-order chi connectivity index (χ0) is 21.3. The highest BCUT2D eigenvalue weighted by Gasteiger charge is 2.27. The van der Waals surface area contributed by atoms with Gasteiger partial charge in [-0.05, 0) is 18.6 Å². The summed E-state index contributed by atoms with van der Waals surface area (Å²) >= 11 is 0. The summed E-state index contributed by atoms with van der Waals surface area (Å²) < 4.78 is 45.7. The van der Waals surface area contributed by atoms with Crippen LogP contribution in [0.2, 0.25) is 0 Å². The summed E-state index contributed by atoms with van der Waals surface area (Å²) in [6, 6.07) is 10.2. The molecule has 0 N–H and O–H groups in total. The van der Waals surface area contributed by atoms with Crippen molar-refractivity contribution in [2.45, 2.75) is 13.5 Å². The van der Waals surface area contributed by atoms with Gasteiger partial charge in [0.15, 0.2) is 11.6 Å². The molecular weight excluding hydrogens is 396 g/mol. The van der Waals surface area contributed by atoms with Crippen LogP contribution in [-0.4, -0.2) is 23.8 Å². The van der Waals surface area contributed by atoms with Crippen molar-refractivity contribution >= 4 is 22.6 Å². The molecule has 1 aliphatic rings. The van der Waals surface area contributed by atoms with Gasteiger partial charge in [0.05, 0.1) is 30.9 Å². The van der Waals surface area contributed by atoms with Gasteiger partial charge in [-0.15, -0.1) is 0 Å². The second-order valence-electron chi connectivity index (χ2n) is 6.57. The fraction of sp³-hybridized carbons (Fsp3) is 0.182. The number of nitrogens with zero attached hydrogens (tertiary/aromatic N) is 1. The van der Waals surface area contributed by atoms with Crippen LogP contribution < -0.4 is 10.2 Å². The average molecular weight is 413 g/mol. The van der Waals surface area contributed by atoms with E-state index in [9.17, 15) is 18.4 Å². The van der Waals surface area contributed by atoms with Crippen molar-refractivity contribution in [3.63, 3.8) is 0 Å². The lowest BCUT2D eigenvalue weighted by Gasteiger charge is -2.22. The van der Waals surface area contributed by atoms with Crippen LogP contribution >= 0.6 is 0 Å². The summed E-state index contributed by atoms with van der Waals surface area (Å²) in [5.41, 5.74) is 0.306. The van der Waals surface area contributed by atoms with Crippen molar-refractivity contribution < 1.29 is 27.8 Å². The van der Waals surface area contributed by atoms with E-state index in [0.717, 1.165) is 11.6 Å². The minimum absolute atomic E-state index is 0.0211. The third-order valence-electron chi connectivity index (χ3n) is 4.62. The van der Waals surface area contributed by atoms with Crippen molar-refractivity contribution in [1.82, 2.24) is 4.57 Å². The second-order valence-corrected chi connectivity index (χ2v) is 6.57. The zero-order valence-corrected chi connectivity index (χ0v) is 16.0. The van der Waals surface area contributed by atoms with Gasteiger partial charge in [-0.1, -0.05) is 30.3 Å². The molecule has 2 aromatic carbocycles. The highest BCUT2D eigenvalue weighted by molar-refractivity contribution is 5.97.